The van der Waals surface area contributed by atoms with E-state index in [0.29, 0.717) is 17.1 Å². The van der Waals surface area contributed by atoms with Crippen molar-refractivity contribution in [1.29, 1.82) is 0 Å². The number of amides is 2. The third-order valence-corrected chi connectivity index (χ3v) is 6.61. The van der Waals surface area contributed by atoms with E-state index in [1.807, 2.05) is 23.6 Å². The number of anilines is 2. The van der Waals surface area contributed by atoms with Crippen LogP contribution >= 0.6 is 11.3 Å². The highest BCUT2D eigenvalue weighted by Gasteiger charge is 2.11. The van der Waals surface area contributed by atoms with E-state index in [2.05, 4.69) is 39.9 Å². The Labute approximate surface area is 218 Å². The average Bonchev–Trinajstić information content (AvgIpc) is 3.38. The van der Waals surface area contributed by atoms with Crippen molar-refractivity contribution >= 4 is 45.3 Å². The number of aromatic nitrogens is 2. The number of phenolic OH excluding ortho intramolecular Hbond substituents is 2. The summed E-state index contributed by atoms with van der Waals surface area (Å²) >= 11 is 1.61. The molecule has 0 radical (unpaired) electrons. The van der Waals surface area contributed by atoms with Crippen LogP contribution in [0.15, 0.2) is 59.0 Å². The van der Waals surface area contributed by atoms with Gasteiger partial charge in [0.05, 0.1) is 16.4 Å². The zero-order chi connectivity index (χ0) is 26.2. The van der Waals surface area contributed by atoms with Crippen molar-refractivity contribution in [2.75, 3.05) is 36.8 Å². The van der Waals surface area contributed by atoms with Gasteiger partial charge in [-0.1, -0.05) is 13.8 Å². The number of fused-ring (bicyclic) bond motifs is 1. The Morgan fingerprint density at radius 3 is 2.57 bits per heavy atom. The lowest BCUT2D eigenvalue weighted by Gasteiger charge is -2.18. The van der Waals surface area contributed by atoms with Gasteiger partial charge in [-0.3, -0.25) is 0 Å². The number of hydrogen-bond donors (Lipinski definition) is 5. The maximum atomic E-state index is 12.2. The van der Waals surface area contributed by atoms with Crippen molar-refractivity contribution in [1.82, 2.24) is 20.3 Å². The molecule has 2 amide bonds. The van der Waals surface area contributed by atoms with E-state index in [0.717, 1.165) is 47.8 Å². The molecule has 0 spiro atoms. The maximum absolute atomic E-state index is 12.2. The number of thiophene rings is 1. The molecular formula is C26H29N7O3S. The molecule has 37 heavy (non-hydrogen) atoms. The quantitative estimate of drug-likeness (QED) is 0.117. The number of hydrogen-bond acceptors (Lipinski definition) is 9. The molecule has 0 fully saturated rings. The molecule has 0 saturated heterocycles. The smallest absolute Gasteiger partial charge is 0.339 e. The van der Waals surface area contributed by atoms with E-state index in [1.54, 1.807) is 29.5 Å². The van der Waals surface area contributed by atoms with Crippen molar-refractivity contribution in [3.8, 4) is 22.9 Å². The first-order chi connectivity index (χ1) is 18.0. The number of urea groups is 1. The van der Waals surface area contributed by atoms with Gasteiger partial charge in [0.1, 0.15) is 5.82 Å². The second-order valence-electron chi connectivity index (χ2n) is 8.13. The number of nitrogens with zero attached hydrogens (tertiary/aromatic N) is 4. The maximum Gasteiger partial charge on any atom is 0.339 e. The number of carbonyl (C=O) groups excluding carboxylic acids is 1. The number of rotatable bonds is 10. The predicted octanol–water partition coefficient (Wildman–Crippen LogP) is 4.68. The molecule has 2 heterocycles. The van der Waals surface area contributed by atoms with Gasteiger partial charge in [-0.2, -0.15) is 5.10 Å². The van der Waals surface area contributed by atoms with Crippen LogP contribution in [0.3, 0.4) is 0 Å². The molecule has 0 atom stereocenters. The first kappa shape index (κ1) is 25.9. The van der Waals surface area contributed by atoms with Crippen LogP contribution in [0.25, 0.3) is 21.6 Å². The van der Waals surface area contributed by atoms with E-state index in [9.17, 15) is 15.0 Å². The highest BCUT2D eigenvalue weighted by atomic mass is 32.1. The number of benzene rings is 2. The number of hydrazone groups is 1. The van der Waals surface area contributed by atoms with Crippen molar-refractivity contribution < 1.29 is 15.0 Å². The van der Waals surface area contributed by atoms with Crippen LogP contribution < -0.4 is 16.1 Å². The van der Waals surface area contributed by atoms with Crippen LogP contribution in [0.5, 0.6) is 11.5 Å². The fourth-order valence-corrected chi connectivity index (χ4v) is 4.43. The summed E-state index contributed by atoms with van der Waals surface area (Å²) in [7, 11) is 0. The highest BCUT2D eigenvalue weighted by Crippen LogP contribution is 2.29. The Kier molecular flexibility index (Phi) is 8.49. The van der Waals surface area contributed by atoms with Crippen LogP contribution in [0, 0.1) is 0 Å². The van der Waals surface area contributed by atoms with Gasteiger partial charge in [0.2, 0.25) is 0 Å². The molecule has 0 bridgehead atoms. The average molecular weight is 520 g/mol. The second-order valence-corrected chi connectivity index (χ2v) is 9.05. The lowest BCUT2D eigenvalue weighted by atomic mass is 10.2. The monoisotopic (exact) mass is 519 g/mol. The van der Waals surface area contributed by atoms with Gasteiger partial charge in [0.25, 0.3) is 0 Å². The number of carbonyl (C=O) groups is 1. The Morgan fingerprint density at radius 1 is 1.05 bits per heavy atom. The molecule has 11 heteroatoms. The molecule has 0 unspecified atom stereocenters. The molecule has 0 aliphatic rings. The summed E-state index contributed by atoms with van der Waals surface area (Å²) in [5, 5.41) is 30.9. The summed E-state index contributed by atoms with van der Waals surface area (Å²) in [6, 6.07) is 12.9. The minimum atomic E-state index is -0.525. The van der Waals surface area contributed by atoms with E-state index < -0.39 is 6.03 Å². The van der Waals surface area contributed by atoms with Crippen LogP contribution in [-0.2, 0) is 0 Å². The van der Waals surface area contributed by atoms with Gasteiger partial charge in [0, 0.05) is 24.3 Å². The van der Waals surface area contributed by atoms with E-state index in [1.165, 1.54) is 18.3 Å². The molecule has 2 aromatic heterocycles. The fraction of sp³-hybridized carbons (Fsp3) is 0.231. The molecule has 10 nitrogen and oxygen atoms in total. The Bertz CT molecular complexity index is 1380. The topological polar surface area (TPSA) is 135 Å². The van der Waals surface area contributed by atoms with Gasteiger partial charge in [-0.15, -0.1) is 11.3 Å². The van der Waals surface area contributed by atoms with Crippen molar-refractivity contribution in [3.63, 3.8) is 0 Å². The van der Waals surface area contributed by atoms with Crippen molar-refractivity contribution in [2.24, 2.45) is 5.10 Å². The Morgan fingerprint density at radius 2 is 1.84 bits per heavy atom. The first-order valence-electron chi connectivity index (χ1n) is 11.9. The Balaban J connectivity index is 1.39. The first-order valence-corrected chi connectivity index (χ1v) is 12.8. The van der Waals surface area contributed by atoms with Crippen molar-refractivity contribution in [3.05, 3.63) is 59.5 Å². The summed E-state index contributed by atoms with van der Waals surface area (Å²) in [6.45, 7) is 8.06. The molecular weight excluding hydrogens is 490 g/mol. The standard InChI is InChI=1S/C26H29N7O3S/c1-3-33(4-2)13-12-27-25-23-20(11-14-37-23)30-24(31-25)18-6-8-19(9-7-18)29-26(36)32-28-16-17-5-10-21(34)22(35)15-17/h5-11,14-16,34-35H,3-4,12-13H2,1-2H3,(H,27,30,31)(H2,29,32,36)/b28-16+. The second kappa shape index (κ2) is 12.2. The molecule has 0 saturated carbocycles. The summed E-state index contributed by atoms with van der Waals surface area (Å²) in [5.41, 5.74) is 5.18. The highest BCUT2D eigenvalue weighted by molar-refractivity contribution is 7.17. The third kappa shape index (κ3) is 6.72. The zero-order valence-corrected chi connectivity index (χ0v) is 21.4. The molecule has 0 aliphatic carbocycles. The van der Waals surface area contributed by atoms with Crippen LogP contribution in [-0.4, -0.2) is 63.5 Å². The van der Waals surface area contributed by atoms with Crippen LogP contribution in [0.4, 0.5) is 16.3 Å². The molecule has 192 valence electrons. The van der Waals surface area contributed by atoms with Gasteiger partial charge in [-0.25, -0.2) is 20.2 Å². The van der Waals surface area contributed by atoms with Crippen LogP contribution in [0.2, 0.25) is 0 Å². The molecule has 5 N–H and O–H groups in total. The lowest BCUT2D eigenvalue weighted by Crippen LogP contribution is -2.28. The summed E-state index contributed by atoms with van der Waals surface area (Å²) < 4.78 is 1.03. The predicted molar refractivity (Wildman–Crippen MR) is 149 cm³/mol. The summed E-state index contributed by atoms with van der Waals surface area (Å²) in [6.07, 6.45) is 1.35. The molecule has 0 aliphatic heterocycles. The summed E-state index contributed by atoms with van der Waals surface area (Å²) in [5.74, 6) is 0.936. The molecule has 4 rings (SSSR count). The number of likely N-dealkylation sites (N-methyl/N-ethyl adjacent to an activating group) is 1. The third-order valence-electron chi connectivity index (χ3n) is 5.70. The normalized spacial score (nSPS) is 11.3. The van der Waals surface area contributed by atoms with Crippen LogP contribution in [0.1, 0.15) is 19.4 Å². The van der Waals surface area contributed by atoms with Crippen molar-refractivity contribution in [2.45, 2.75) is 13.8 Å². The number of aromatic hydroxyl groups is 2. The SMILES string of the molecule is CCN(CC)CCNc1nc(-c2ccc(NC(=O)N/N=C/c3ccc(O)c(O)c3)cc2)nc2ccsc12. The summed E-state index contributed by atoms with van der Waals surface area (Å²) in [4.78, 5) is 24.0. The largest absolute Gasteiger partial charge is 0.504 e. The lowest BCUT2D eigenvalue weighted by molar-refractivity contribution is 0.252. The minimum absolute atomic E-state index is 0.227. The van der Waals surface area contributed by atoms with E-state index in [4.69, 9.17) is 9.97 Å². The number of nitrogens with one attached hydrogen (secondary N) is 3. The number of phenols is 2. The van der Waals surface area contributed by atoms with Gasteiger partial charge >= 0.3 is 6.03 Å². The minimum Gasteiger partial charge on any atom is -0.504 e. The van der Waals surface area contributed by atoms with E-state index in [-0.39, 0.29) is 11.5 Å². The van der Waals surface area contributed by atoms with Gasteiger partial charge < -0.3 is 25.7 Å². The fourth-order valence-electron chi connectivity index (χ4n) is 3.63. The molecule has 2 aromatic carbocycles. The van der Waals surface area contributed by atoms with E-state index >= 15 is 0 Å². The van der Waals surface area contributed by atoms with Gasteiger partial charge in [-0.05, 0) is 72.6 Å². The molecule has 4 aromatic rings. The zero-order valence-electron chi connectivity index (χ0n) is 20.6. The Hall–Kier alpha value is -4.22. The van der Waals surface area contributed by atoms with Gasteiger partial charge in [0.15, 0.2) is 17.3 Å².